The van der Waals surface area contributed by atoms with E-state index in [0.29, 0.717) is 5.56 Å². The second-order valence-electron chi connectivity index (χ2n) is 4.80. The molecule has 0 aliphatic heterocycles. The van der Waals surface area contributed by atoms with E-state index in [-0.39, 0.29) is 18.5 Å². The molecular weight excluding hydrogens is 322 g/mol. The lowest BCUT2D eigenvalue weighted by Crippen LogP contribution is -2.49. The third-order valence-corrected chi connectivity index (χ3v) is 3.54. The first-order valence-electron chi connectivity index (χ1n) is 6.82. The summed E-state index contributed by atoms with van der Waals surface area (Å²) >= 11 is 0. The molecule has 0 saturated heterocycles. The van der Waals surface area contributed by atoms with Crippen molar-refractivity contribution in [3.05, 3.63) is 39.9 Å². The summed E-state index contributed by atoms with van der Waals surface area (Å²) in [5, 5.41) is 10.6. The van der Waals surface area contributed by atoms with Gasteiger partial charge in [0.05, 0.1) is 26.3 Å². The zero-order valence-corrected chi connectivity index (χ0v) is 13.4. The van der Waals surface area contributed by atoms with Crippen molar-refractivity contribution in [2.45, 2.75) is 12.8 Å². The van der Waals surface area contributed by atoms with Crippen LogP contribution in [0.5, 0.6) is 0 Å². The lowest BCUT2D eigenvalue weighted by molar-refractivity contribution is -0.384. The Kier molecular flexibility index (Phi) is 6.39. The number of nitrogens with zero attached hydrogens (tertiary/aromatic N) is 1. The van der Waals surface area contributed by atoms with Gasteiger partial charge in [-0.2, -0.15) is 0 Å². The van der Waals surface area contributed by atoms with Crippen LogP contribution < -0.4 is 0 Å². The van der Waals surface area contributed by atoms with Crippen molar-refractivity contribution >= 4 is 23.6 Å². The van der Waals surface area contributed by atoms with E-state index in [1.807, 2.05) is 0 Å². The molecule has 0 fully saturated rings. The molecule has 1 aromatic rings. The van der Waals surface area contributed by atoms with Crippen molar-refractivity contribution < 1.29 is 33.5 Å². The zero-order valence-electron chi connectivity index (χ0n) is 13.4. The number of benzene rings is 1. The van der Waals surface area contributed by atoms with Gasteiger partial charge in [-0.1, -0.05) is 12.1 Å². The number of ether oxygens (including phenoxy) is 3. The highest BCUT2D eigenvalue weighted by atomic mass is 16.6. The maximum absolute atomic E-state index is 12.1. The van der Waals surface area contributed by atoms with Crippen LogP contribution in [-0.4, -0.2) is 44.2 Å². The van der Waals surface area contributed by atoms with Gasteiger partial charge in [0, 0.05) is 12.1 Å². The number of aryl methyl sites for hydroxylation is 1. The Morgan fingerprint density at radius 3 is 1.71 bits per heavy atom. The molecule has 0 aliphatic rings. The molecule has 0 unspecified atom stereocenters. The molecule has 9 nitrogen and oxygen atoms in total. The zero-order chi connectivity index (χ0) is 18.3. The predicted octanol–water partition coefficient (Wildman–Crippen LogP) is 1.03. The summed E-state index contributed by atoms with van der Waals surface area (Å²) < 4.78 is 13.7. The van der Waals surface area contributed by atoms with Gasteiger partial charge in [0.25, 0.3) is 11.1 Å². The summed E-state index contributed by atoms with van der Waals surface area (Å²) in [6, 6.07) is 5.50. The van der Waals surface area contributed by atoms with Crippen LogP contribution in [0.2, 0.25) is 0 Å². The number of nitro groups is 1. The molecule has 0 radical (unpaired) electrons. The summed E-state index contributed by atoms with van der Waals surface area (Å²) in [5.41, 5.74) is -1.76. The van der Waals surface area contributed by atoms with Crippen molar-refractivity contribution in [1.29, 1.82) is 0 Å². The first-order chi connectivity index (χ1) is 11.3. The largest absolute Gasteiger partial charge is 0.468 e. The Morgan fingerprint density at radius 2 is 1.38 bits per heavy atom. The smallest absolute Gasteiger partial charge is 0.334 e. The van der Waals surface area contributed by atoms with Crippen LogP contribution in [0, 0.1) is 15.5 Å². The molecule has 0 atom stereocenters. The summed E-state index contributed by atoms with van der Waals surface area (Å²) in [6.07, 6.45) is -0.172. The van der Waals surface area contributed by atoms with Crippen LogP contribution in [0.4, 0.5) is 5.69 Å². The molecule has 0 aliphatic carbocycles. The molecule has 9 heteroatoms. The van der Waals surface area contributed by atoms with E-state index in [9.17, 15) is 24.5 Å². The minimum Gasteiger partial charge on any atom is -0.468 e. The summed E-state index contributed by atoms with van der Waals surface area (Å²) in [4.78, 5) is 46.3. The van der Waals surface area contributed by atoms with Gasteiger partial charge in [-0.25, -0.2) is 0 Å². The van der Waals surface area contributed by atoms with Gasteiger partial charge in [-0.3, -0.25) is 24.5 Å². The van der Waals surface area contributed by atoms with Crippen molar-refractivity contribution in [3.63, 3.8) is 0 Å². The van der Waals surface area contributed by atoms with Crippen molar-refractivity contribution in [2.75, 3.05) is 21.3 Å². The van der Waals surface area contributed by atoms with Crippen molar-refractivity contribution in [2.24, 2.45) is 5.41 Å². The summed E-state index contributed by atoms with van der Waals surface area (Å²) in [5.74, 6) is -3.28. The molecule has 0 saturated carbocycles. The molecule has 0 spiro atoms. The topological polar surface area (TPSA) is 122 Å². The number of hydrogen-bond acceptors (Lipinski definition) is 8. The van der Waals surface area contributed by atoms with E-state index in [0.717, 1.165) is 21.3 Å². The highest BCUT2D eigenvalue weighted by molar-refractivity contribution is 6.17. The minimum absolute atomic E-state index is 0.0945. The predicted molar refractivity (Wildman–Crippen MR) is 79.9 cm³/mol. The number of non-ortho nitro benzene ring substituents is 1. The van der Waals surface area contributed by atoms with E-state index in [1.54, 1.807) is 0 Å². The fourth-order valence-electron chi connectivity index (χ4n) is 2.20. The average molecular weight is 339 g/mol. The molecule has 0 amide bonds. The maximum Gasteiger partial charge on any atom is 0.334 e. The Hall–Kier alpha value is -2.97. The molecule has 0 bridgehead atoms. The number of methoxy groups -OCH3 is 3. The highest BCUT2D eigenvalue weighted by Gasteiger charge is 2.56. The normalized spacial score (nSPS) is 10.6. The first-order valence-corrected chi connectivity index (χ1v) is 6.82. The van der Waals surface area contributed by atoms with Crippen molar-refractivity contribution in [3.8, 4) is 0 Å². The molecule has 1 aromatic carbocycles. The van der Waals surface area contributed by atoms with Crippen molar-refractivity contribution in [1.82, 2.24) is 0 Å². The minimum atomic E-state index is -2.25. The van der Waals surface area contributed by atoms with Crippen LogP contribution in [0.25, 0.3) is 0 Å². The monoisotopic (exact) mass is 339 g/mol. The molecule has 130 valence electrons. The number of nitro benzene ring substituents is 1. The van der Waals surface area contributed by atoms with Crippen LogP contribution in [-0.2, 0) is 35.0 Å². The third kappa shape index (κ3) is 3.67. The molecule has 0 N–H and O–H groups in total. The van der Waals surface area contributed by atoms with Gasteiger partial charge in [0.15, 0.2) is 0 Å². The standard InChI is InChI=1S/C15H17NO8/c1-22-12(17)15(13(18)23-2,14(19)24-3)9-8-10-4-6-11(7-5-10)16(20)21/h4-7H,8-9H2,1-3H3. The Bertz CT molecular complexity index is 597. The number of carbonyl (C=O) groups excluding carboxylic acids is 3. The van der Waals surface area contributed by atoms with Gasteiger partial charge in [-0.05, 0) is 18.4 Å². The number of rotatable bonds is 7. The maximum atomic E-state index is 12.1. The van der Waals surface area contributed by atoms with E-state index in [1.165, 1.54) is 24.3 Å². The average Bonchev–Trinajstić information content (AvgIpc) is 2.61. The Morgan fingerprint density at radius 1 is 0.958 bits per heavy atom. The van der Waals surface area contributed by atoms with Gasteiger partial charge in [0.2, 0.25) is 0 Å². The van der Waals surface area contributed by atoms with E-state index >= 15 is 0 Å². The van der Waals surface area contributed by atoms with Gasteiger partial charge < -0.3 is 14.2 Å². The number of esters is 3. The second-order valence-corrected chi connectivity index (χ2v) is 4.80. The van der Waals surface area contributed by atoms with Crippen LogP contribution in [0.15, 0.2) is 24.3 Å². The number of hydrogen-bond donors (Lipinski definition) is 0. The highest BCUT2D eigenvalue weighted by Crippen LogP contribution is 2.30. The fourth-order valence-corrected chi connectivity index (χ4v) is 2.20. The summed E-state index contributed by atoms with van der Waals surface area (Å²) in [6.45, 7) is 0. The van der Waals surface area contributed by atoms with Crippen LogP contribution >= 0.6 is 0 Å². The lowest BCUT2D eigenvalue weighted by atomic mass is 9.81. The second kappa shape index (κ2) is 8.04. The van der Waals surface area contributed by atoms with Crippen LogP contribution in [0.3, 0.4) is 0 Å². The lowest BCUT2D eigenvalue weighted by Gasteiger charge is -2.25. The van der Waals surface area contributed by atoms with Gasteiger partial charge >= 0.3 is 17.9 Å². The molecule has 0 heterocycles. The van der Waals surface area contributed by atoms with E-state index < -0.39 is 28.2 Å². The number of carbonyl (C=O) groups is 3. The fraction of sp³-hybridized carbons (Fsp3) is 0.400. The quantitative estimate of drug-likeness (QED) is 0.237. The molecule has 1 rings (SSSR count). The molecule has 24 heavy (non-hydrogen) atoms. The third-order valence-electron chi connectivity index (χ3n) is 3.54. The van der Waals surface area contributed by atoms with Crippen LogP contribution in [0.1, 0.15) is 12.0 Å². The Labute approximate surface area is 137 Å². The van der Waals surface area contributed by atoms with Gasteiger partial charge in [0.1, 0.15) is 0 Å². The molecule has 0 aromatic heterocycles. The molecular formula is C15H17NO8. The van der Waals surface area contributed by atoms with E-state index in [2.05, 4.69) is 14.2 Å². The first kappa shape index (κ1) is 19.1. The Balaban J connectivity index is 3.12. The van der Waals surface area contributed by atoms with E-state index in [4.69, 9.17) is 0 Å². The SMILES string of the molecule is COC(=O)C(CCc1ccc([N+](=O)[O-])cc1)(C(=O)OC)C(=O)OC. The van der Waals surface area contributed by atoms with Gasteiger partial charge in [-0.15, -0.1) is 0 Å². The summed E-state index contributed by atoms with van der Waals surface area (Å²) in [7, 11) is 3.11.